The Morgan fingerprint density at radius 2 is 1.97 bits per heavy atom. The smallest absolute Gasteiger partial charge is 0.365 e. The summed E-state index contributed by atoms with van der Waals surface area (Å²) in [6.07, 6.45) is 8.43. The first-order chi connectivity index (χ1) is 16.1. The average molecular weight is 492 g/mol. The van der Waals surface area contributed by atoms with Crippen LogP contribution < -0.4 is 4.90 Å². The van der Waals surface area contributed by atoms with E-state index in [1.165, 1.54) is 11.6 Å². The fraction of sp³-hybridized carbons (Fsp3) is 0.593. The van der Waals surface area contributed by atoms with Crippen molar-refractivity contribution in [2.45, 2.75) is 69.9 Å². The molecule has 0 N–H and O–H groups in total. The molecule has 188 valence electrons. The van der Waals surface area contributed by atoms with Crippen LogP contribution in [0.4, 0.5) is 5.69 Å². The molecule has 2 fully saturated rings. The predicted molar refractivity (Wildman–Crippen MR) is 136 cm³/mol. The SMILES string of the molecule is COC1CCCC(CCl)(OOC(=O)/C=C/c2ccc(N(C)C)cc2)C1C1(C)OC1CC=C(C)C. The molecule has 0 aromatic heterocycles. The van der Waals surface area contributed by atoms with Gasteiger partial charge in [-0.05, 0) is 70.2 Å². The van der Waals surface area contributed by atoms with Crippen LogP contribution in [0.25, 0.3) is 6.08 Å². The third-order valence-corrected chi connectivity index (χ3v) is 7.46. The Labute approximate surface area is 208 Å². The number of carbonyl (C=O) groups is 1. The summed E-state index contributed by atoms with van der Waals surface area (Å²) in [5.41, 5.74) is 1.89. The van der Waals surface area contributed by atoms with Crippen molar-refractivity contribution in [3.63, 3.8) is 0 Å². The summed E-state index contributed by atoms with van der Waals surface area (Å²) in [6, 6.07) is 7.86. The Morgan fingerprint density at radius 3 is 2.56 bits per heavy atom. The van der Waals surface area contributed by atoms with Gasteiger partial charge in [0.25, 0.3) is 0 Å². The Hall–Kier alpha value is -1.86. The molecule has 1 saturated heterocycles. The Bertz CT molecular complexity index is 895. The minimum absolute atomic E-state index is 0.0510. The second kappa shape index (κ2) is 11.3. The van der Waals surface area contributed by atoms with Gasteiger partial charge in [-0.2, -0.15) is 4.89 Å². The minimum Gasteiger partial charge on any atom is -0.381 e. The summed E-state index contributed by atoms with van der Waals surface area (Å²) in [7, 11) is 5.67. The number of nitrogens with zero attached hydrogens (tertiary/aromatic N) is 1. The molecule has 34 heavy (non-hydrogen) atoms. The van der Waals surface area contributed by atoms with Gasteiger partial charge in [0.05, 0.1) is 24.0 Å². The topological polar surface area (TPSA) is 60.5 Å². The number of hydrogen-bond donors (Lipinski definition) is 0. The standard InChI is InChI=1S/C27H38ClNO5/c1-19(2)9-15-23-26(3,32-23)25-22(31-6)8-7-17-27(25,18-28)34-33-24(30)16-12-20-10-13-21(14-11-20)29(4)5/h9-14,16,22-23,25H,7-8,15,17-18H2,1-6H3/b16-12+. The number of alkyl halides is 1. The predicted octanol–water partition coefficient (Wildman–Crippen LogP) is 5.55. The maximum Gasteiger partial charge on any atom is 0.365 e. The molecule has 0 bridgehead atoms. The van der Waals surface area contributed by atoms with E-state index in [4.69, 9.17) is 30.8 Å². The zero-order chi connectivity index (χ0) is 24.9. The number of anilines is 1. The molecule has 0 radical (unpaired) electrons. The quantitative estimate of drug-likeness (QED) is 0.107. The van der Waals surface area contributed by atoms with Gasteiger partial charge in [0.1, 0.15) is 11.2 Å². The Balaban J connectivity index is 1.70. The van der Waals surface area contributed by atoms with Crippen molar-refractivity contribution < 1.29 is 24.0 Å². The van der Waals surface area contributed by atoms with E-state index < -0.39 is 17.2 Å². The lowest BCUT2D eigenvalue weighted by Crippen LogP contribution is -2.57. The number of ether oxygens (including phenoxy) is 2. The van der Waals surface area contributed by atoms with Gasteiger partial charge in [0, 0.05) is 33.0 Å². The molecule has 1 aromatic carbocycles. The third kappa shape index (κ3) is 6.03. The van der Waals surface area contributed by atoms with Gasteiger partial charge in [0.15, 0.2) is 0 Å². The van der Waals surface area contributed by atoms with Gasteiger partial charge in [-0.3, -0.25) is 4.89 Å². The molecular formula is C27H38ClNO5. The van der Waals surface area contributed by atoms with Crippen LogP contribution in [-0.2, 0) is 24.0 Å². The molecule has 1 heterocycles. The summed E-state index contributed by atoms with van der Waals surface area (Å²) in [5, 5.41) is 0. The van der Waals surface area contributed by atoms with Crippen LogP contribution >= 0.6 is 11.6 Å². The highest BCUT2D eigenvalue weighted by Crippen LogP contribution is 2.55. The molecular weight excluding hydrogens is 454 g/mol. The lowest BCUT2D eigenvalue weighted by Gasteiger charge is -2.46. The molecule has 1 saturated carbocycles. The zero-order valence-electron chi connectivity index (χ0n) is 21.2. The van der Waals surface area contributed by atoms with Gasteiger partial charge in [-0.25, -0.2) is 4.79 Å². The molecule has 1 aliphatic carbocycles. The van der Waals surface area contributed by atoms with Crippen molar-refractivity contribution in [2.24, 2.45) is 5.92 Å². The maximum absolute atomic E-state index is 12.5. The molecule has 1 aromatic rings. The lowest BCUT2D eigenvalue weighted by molar-refractivity contribution is -0.353. The molecule has 5 unspecified atom stereocenters. The van der Waals surface area contributed by atoms with Crippen molar-refractivity contribution in [1.29, 1.82) is 0 Å². The largest absolute Gasteiger partial charge is 0.381 e. The van der Waals surface area contributed by atoms with Crippen molar-refractivity contribution in [3.8, 4) is 0 Å². The van der Waals surface area contributed by atoms with Crippen molar-refractivity contribution in [1.82, 2.24) is 0 Å². The third-order valence-electron chi connectivity index (χ3n) is 7.00. The summed E-state index contributed by atoms with van der Waals surface area (Å²) in [4.78, 5) is 25.7. The number of carbonyl (C=O) groups excluding carboxylic acids is 1. The van der Waals surface area contributed by atoms with Gasteiger partial charge in [-0.15, -0.1) is 11.6 Å². The normalized spacial score (nSPS) is 30.7. The van der Waals surface area contributed by atoms with E-state index in [-0.39, 0.29) is 24.0 Å². The van der Waals surface area contributed by atoms with Crippen LogP contribution in [0, 0.1) is 5.92 Å². The zero-order valence-corrected chi connectivity index (χ0v) is 21.9. The lowest BCUT2D eigenvalue weighted by atomic mass is 9.67. The van der Waals surface area contributed by atoms with Crippen LogP contribution in [0.3, 0.4) is 0 Å². The number of hydrogen-bond acceptors (Lipinski definition) is 6. The molecule has 0 spiro atoms. The first-order valence-electron chi connectivity index (χ1n) is 11.9. The second-order valence-electron chi connectivity index (χ2n) is 9.95. The summed E-state index contributed by atoms with van der Waals surface area (Å²) in [5.74, 6) is -0.570. The van der Waals surface area contributed by atoms with Crippen molar-refractivity contribution in [2.75, 3.05) is 32.0 Å². The Kier molecular flexibility index (Phi) is 8.85. The minimum atomic E-state index is -0.883. The average Bonchev–Trinajstić information content (AvgIpc) is 3.50. The number of benzene rings is 1. The highest BCUT2D eigenvalue weighted by molar-refractivity contribution is 6.18. The van der Waals surface area contributed by atoms with Gasteiger partial charge in [-0.1, -0.05) is 23.8 Å². The van der Waals surface area contributed by atoms with E-state index in [1.54, 1.807) is 13.2 Å². The second-order valence-corrected chi connectivity index (χ2v) is 10.2. The van der Waals surface area contributed by atoms with Crippen LogP contribution in [0.2, 0.25) is 0 Å². The molecule has 6 nitrogen and oxygen atoms in total. The summed E-state index contributed by atoms with van der Waals surface area (Å²) in [6.45, 7) is 6.24. The van der Waals surface area contributed by atoms with Crippen molar-refractivity contribution in [3.05, 3.63) is 47.6 Å². The van der Waals surface area contributed by atoms with Crippen LogP contribution in [0.5, 0.6) is 0 Å². The molecule has 5 atom stereocenters. The van der Waals surface area contributed by atoms with Crippen LogP contribution in [0.1, 0.15) is 52.0 Å². The number of halogens is 1. The van der Waals surface area contributed by atoms with E-state index in [2.05, 4.69) is 26.8 Å². The van der Waals surface area contributed by atoms with E-state index in [1.807, 2.05) is 43.3 Å². The van der Waals surface area contributed by atoms with E-state index >= 15 is 0 Å². The fourth-order valence-electron chi connectivity index (χ4n) is 5.05. The maximum atomic E-state index is 12.5. The molecule has 3 rings (SSSR count). The Morgan fingerprint density at radius 1 is 1.26 bits per heavy atom. The first-order valence-corrected chi connectivity index (χ1v) is 12.4. The molecule has 2 aliphatic rings. The molecule has 1 aliphatic heterocycles. The van der Waals surface area contributed by atoms with Gasteiger partial charge >= 0.3 is 5.97 Å². The number of epoxide rings is 1. The highest BCUT2D eigenvalue weighted by atomic mass is 35.5. The van der Waals surface area contributed by atoms with Gasteiger partial charge in [0.2, 0.25) is 0 Å². The summed E-state index contributed by atoms with van der Waals surface area (Å²) >= 11 is 6.50. The van der Waals surface area contributed by atoms with E-state index in [0.717, 1.165) is 30.5 Å². The first kappa shape index (κ1) is 26.7. The van der Waals surface area contributed by atoms with Gasteiger partial charge < -0.3 is 14.4 Å². The molecule has 0 amide bonds. The number of allylic oxidation sites excluding steroid dienone is 1. The summed E-state index contributed by atoms with van der Waals surface area (Å²) < 4.78 is 12.0. The molecule has 7 heteroatoms. The monoisotopic (exact) mass is 491 g/mol. The van der Waals surface area contributed by atoms with Crippen LogP contribution in [-0.4, -0.2) is 56.5 Å². The van der Waals surface area contributed by atoms with E-state index in [9.17, 15) is 4.79 Å². The fourth-order valence-corrected chi connectivity index (χ4v) is 5.39. The highest BCUT2D eigenvalue weighted by Gasteiger charge is 2.67. The van der Waals surface area contributed by atoms with E-state index in [0.29, 0.717) is 6.42 Å². The number of rotatable bonds is 10. The van der Waals surface area contributed by atoms with Crippen LogP contribution in [0.15, 0.2) is 42.0 Å². The number of methoxy groups -OCH3 is 1. The van der Waals surface area contributed by atoms with Crippen molar-refractivity contribution >= 4 is 29.3 Å².